The number of rotatable bonds is 3. The molecule has 1 aliphatic rings. The van der Waals surface area contributed by atoms with Crippen LogP contribution in [0.4, 0.5) is 0 Å². The predicted octanol–water partition coefficient (Wildman–Crippen LogP) is 1.17. The lowest BCUT2D eigenvalue weighted by Crippen LogP contribution is -2.49. The first-order chi connectivity index (χ1) is 10.6. The number of carbonyl (C=O) groups excluding carboxylic acids is 1. The Morgan fingerprint density at radius 1 is 1.36 bits per heavy atom. The molecule has 22 heavy (non-hydrogen) atoms. The Kier molecular flexibility index (Phi) is 4.20. The van der Waals surface area contributed by atoms with Crippen molar-refractivity contribution in [2.75, 3.05) is 26.7 Å². The molecule has 0 aliphatic carbocycles. The third-order valence-corrected chi connectivity index (χ3v) is 4.16. The maximum Gasteiger partial charge on any atom is 0.227 e. The molecule has 116 valence electrons. The normalized spacial score (nSPS) is 19.4. The van der Waals surface area contributed by atoms with Crippen LogP contribution in [0.5, 0.6) is 0 Å². The topological polar surface area (TPSA) is 65.1 Å². The molecule has 3 rings (SSSR count). The highest BCUT2D eigenvalue weighted by molar-refractivity contribution is 5.78. The number of hydrogen-bond acceptors (Lipinski definition) is 4. The summed E-state index contributed by atoms with van der Waals surface area (Å²) in [6.07, 6.45) is 5.76. The average Bonchev–Trinajstić information content (AvgIpc) is 3.04. The lowest BCUT2D eigenvalue weighted by molar-refractivity contribution is -0.133. The van der Waals surface area contributed by atoms with Gasteiger partial charge in [-0.15, -0.1) is 0 Å². The third kappa shape index (κ3) is 3.17. The molecular formula is C16H21N5O. The molecule has 1 fully saturated rings. The van der Waals surface area contributed by atoms with Gasteiger partial charge in [0.15, 0.2) is 0 Å². The summed E-state index contributed by atoms with van der Waals surface area (Å²) >= 11 is 0. The number of aromatic amines is 1. The van der Waals surface area contributed by atoms with Gasteiger partial charge in [0.05, 0.1) is 12.5 Å². The Morgan fingerprint density at radius 2 is 2.23 bits per heavy atom. The number of carbonyl (C=O) groups is 1. The standard InChI is InChI=1S/C16H21N5O/c1-12-3-4-13(10-19-12)9-15(22)21-8-7-20(2)14(11-21)16-17-5-6-18-16/h3-6,10,14H,7-9,11H2,1-2H3,(H,17,18). The van der Waals surface area contributed by atoms with Crippen LogP contribution in [0, 0.1) is 6.92 Å². The van der Waals surface area contributed by atoms with Crippen LogP contribution in [0.25, 0.3) is 0 Å². The number of nitrogens with zero attached hydrogens (tertiary/aromatic N) is 4. The van der Waals surface area contributed by atoms with Gasteiger partial charge in [-0.1, -0.05) is 6.07 Å². The monoisotopic (exact) mass is 299 g/mol. The summed E-state index contributed by atoms with van der Waals surface area (Å²) in [5.74, 6) is 1.06. The quantitative estimate of drug-likeness (QED) is 0.924. The molecule has 0 saturated carbocycles. The summed E-state index contributed by atoms with van der Waals surface area (Å²) in [5, 5.41) is 0. The fourth-order valence-corrected chi connectivity index (χ4v) is 2.74. The number of nitrogens with one attached hydrogen (secondary N) is 1. The Morgan fingerprint density at radius 3 is 2.91 bits per heavy atom. The largest absolute Gasteiger partial charge is 0.347 e. The molecule has 1 N–H and O–H groups in total. The lowest BCUT2D eigenvalue weighted by atomic mass is 10.1. The molecule has 0 spiro atoms. The zero-order chi connectivity index (χ0) is 15.5. The van der Waals surface area contributed by atoms with E-state index in [-0.39, 0.29) is 11.9 Å². The van der Waals surface area contributed by atoms with Gasteiger partial charge in [-0.2, -0.15) is 0 Å². The summed E-state index contributed by atoms with van der Waals surface area (Å²) < 4.78 is 0. The van der Waals surface area contributed by atoms with E-state index in [2.05, 4.69) is 26.9 Å². The number of pyridine rings is 1. The van der Waals surface area contributed by atoms with E-state index in [0.29, 0.717) is 13.0 Å². The van der Waals surface area contributed by atoms with Crippen molar-refractivity contribution in [3.8, 4) is 0 Å². The molecule has 2 aromatic rings. The summed E-state index contributed by atoms with van der Waals surface area (Å²) in [6, 6.07) is 4.04. The lowest BCUT2D eigenvalue weighted by Gasteiger charge is -2.38. The van der Waals surface area contributed by atoms with Gasteiger partial charge in [0.25, 0.3) is 0 Å². The van der Waals surface area contributed by atoms with Gasteiger partial charge in [0.2, 0.25) is 5.91 Å². The smallest absolute Gasteiger partial charge is 0.227 e. The van der Waals surface area contributed by atoms with E-state index in [0.717, 1.165) is 30.2 Å². The van der Waals surface area contributed by atoms with E-state index in [1.807, 2.05) is 30.2 Å². The van der Waals surface area contributed by atoms with Gasteiger partial charge < -0.3 is 9.88 Å². The zero-order valence-corrected chi connectivity index (χ0v) is 13.0. The second kappa shape index (κ2) is 6.27. The van der Waals surface area contributed by atoms with Crippen LogP contribution in [0.15, 0.2) is 30.7 Å². The summed E-state index contributed by atoms with van der Waals surface area (Å²) in [6.45, 7) is 4.22. The fraction of sp³-hybridized carbons (Fsp3) is 0.438. The van der Waals surface area contributed by atoms with Crippen LogP contribution < -0.4 is 0 Å². The first kappa shape index (κ1) is 14.7. The highest BCUT2D eigenvalue weighted by Crippen LogP contribution is 2.21. The predicted molar refractivity (Wildman–Crippen MR) is 83.2 cm³/mol. The van der Waals surface area contributed by atoms with Gasteiger partial charge in [-0.25, -0.2) is 4.98 Å². The fourth-order valence-electron chi connectivity index (χ4n) is 2.74. The van der Waals surface area contributed by atoms with Gasteiger partial charge >= 0.3 is 0 Å². The van der Waals surface area contributed by atoms with E-state index >= 15 is 0 Å². The first-order valence-corrected chi connectivity index (χ1v) is 7.52. The summed E-state index contributed by atoms with van der Waals surface area (Å²) in [4.78, 5) is 28.4. The van der Waals surface area contributed by atoms with Gasteiger partial charge in [0.1, 0.15) is 5.82 Å². The number of aryl methyl sites for hydroxylation is 1. The molecule has 3 heterocycles. The third-order valence-electron chi connectivity index (χ3n) is 4.16. The van der Waals surface area contributed by atoms with E-state index in [1.165, 1.54) is 0 Å². The van der Waals surface area contributed by atoms with E-state index in [1.54, 1.807) is 12.4 Å². The first-order valence-electron chi connectivity index (χ1n) is 7.52. The molecular weight excluding hydrogens is 278 g/mol. The van der Waals surface area contributed by atoms with Crippen molar-refractivity contribution in [3.63, 3.8) is 0 Å². The average molecular weight is 299 g/mol. The molecule has 6 nitrogen and oxygen atoms in total. The second-order valence-corrected chi connectivity index (χ2v) is 5.80. The molecule has 1 atom stereocenters. The van der Waals surface area contributed by atoms with Crippen molar-refractivity contribution in [2.45, 2.75) is 19.4 Å². The molecule has 1 unspecified atom stereocenters. The summed E-state index contributed by atoms with van der Waals surface area (Å²) in [5.41, 5.74) is 1.93. The number of H-pyrrole nitrogens is 1. The second-order valence-electron chi connectivity index (χ2n) is 5.80. The van der Waals surface area contributed by atoms with Crippen molar-refractivity contribution in [1.29, 1.82) is 0 Å². The minimum atomic E-state index is 0.129. The highest BCUT2D eigenvalue weighted by Gasteiger charge is 2.29. The Balaban J connectivity index is 1.66. The zero-order valence-electron chi connectivity index (χ0n) is 13.0. The molecule has 0 radical (unpaired) electrons. The number of imidazole rings is 1. The van der Waals surface area contributed by atoms with E-state index in [9.17, 15) is 4.79 Å². The number of aromatic nitrogens is 3. The van der Waals surface area contributed by atoms with Crippen molar-refractivity contribution in [2.24, 2.45) is 0 Å². The number of amides is 1. The molecule has 1 amide bonds. The van der Waals surface area contributed by atoms with Crippen molar-refractivity contribution in [3.05, 3.63) is 47.8 Å². The van der Waals surface area contributed by atoms with Gasteiger partial charge in [-0.3, -0.25) is 14.7 Å². The highest BCUT2D eigenvalue weighted by atomic mass is 16.2. The molecule has 6 heteroatoms. The minimum Gasteiger partial charge on any atom is -0.347 e. The van der Waals surface area contributed by atoms with Crippen molar-refractivity contribution in [1.82, 2.24) is 24.8 Å². The van der Waals surface area contributed by atoms with Crippen LogP contribution in [-0.4, -0.2) is 57.3 Å². The summed E-state index contributed by atoms with van der Waals surface area (Å²) in [7, 11) is 2.07. The molecule has 1 saturated heterocycles. The van der Waals surface area contributed by atoms with E-state index in [4.69, 9.17) is 0 Å². The van der Waals surface area contributed by atoms with Crippen LogP contribution in [0.3, 0.4) is 0 Å². The maximum absolute atomic E-state index is 12.5. The number of hydrogen-bond donors (Lipinski definition) is 1. The van der Waals surface area contributed by atoms with Crippen LogP contribution >= 0.6 is 0 Å². The number of piperazine rings is 1. The molecule has 0 bridgehead atoms. The van der Waals surface area contributed by atoms with Crippen molar-refractivity contribution >= 4 is 5.91 Å². The van der Waals surface area contributed by atoms with Crippen LogP contribution in [0.2, 0.25) is 0 Å². The van der Waals surface area contributed by atoms with Gasteiger partial charge in [-0.05, 0) is 25.6 Å². The number of likely N-dealkylation sites (N-methyl/N-ethyl adjacent to an activating group) is 1. The van der Waals surface area contributed by atoms with Crippen LogP contribution in [0.1, 0.15) is 23.1 Å². The molecule has 0 aromatic carbocycles. The van der Waals surface area contributed by atoms with Crippen LogP contribution in [-0.2, 0) is 11.2 Å². The maximum atomic E-state index is 12.5. The Hall–Kier alpha value is -2.21. The molecule has 1 aliphatic heterocycles. The molecule has 2 aromatic heterocycles. The van der Waals surface area contributed by atoms with Crippen molar-refractivity contribution < 1.29 is 4.79 Å². The minimum absolute atomic E-state index is 0.129. The van der Waals surface area contributed by atoms with Gasteiger partial charge in [0, 0.05) is 43.9 Å². The Bertz CT molecular complexity index is 622. The van der Waals surface area contributed by atoms with E-state index < -0.39 is 0 Å². The Labute approximate surface area is 130 Å². The SMILES string of the molecule is Cc1ccc(CC(=O)N2CCN(C)C(c3ncc[nH]3)C2)cn1.